The first-order chi connectivity index (χ1) is 8.49. The average molecular weight is 390 g/mol. The second-order valence-corrected chi connectivity index (χ2v) is 7.20. The topological polar surface area (TPSA) is 58.2 Å². The van der Waals surface area contributed by atoms with Crippen molar-refractivity contribution in [1.82, 2.24) is 10.0 Å². The van der Waals surface area contributed by atoms with Crippen molar-refractivity contribution in [2.75, 3.05) is 13.1 Å². The van der Waals surface area contributed by atoms with Gasteiger partial charge in [0.1, 0.15) is 0 Å². The largest absolute Gasteiger partial charge is 0.317 e. The molecule has 108 valence electrons. The van der Waals surface area contributed by atoms with E-state index in [1.54, 1.807) is 12.1 Å². The first-order valence-corrected chi connectivity index (χ1v) is 8.32. The average Bonchev–Trinajstić information content (AvgIpc) is 2.33. The second-order valence-electron chi connectivity index (χ2n) is 4.22. The Kier molecular flexibility index (Phi) is 6.56. The van der Waals surface area contributed by atoms with Gasteiger partial charge < -0.3 is 5.32 Å². The Morgan fingerprint density at radius 1 is 1.32 bits per heavy atom. The molecule has 0 bridgehead atoms. The summed E-state index contributed by atoms with van der Waals surface area (Å²) in [4.78, 5) is 0.203. The van der Waals surface area contributed by atoms with E-state index in [4.69, 9.17) is 11.6 Å². The third kappa shape index (κ3) is 4.58. The van der Waals surface area contributed by atoms with E-state index in [9.17, 15) is 8.42 Å². The Morgan fingerprint density at radius 2 is 1.95 bits per heavy atom. The van der Waals surface area contributed by atoms with Crippen LogP contribution in [0.1, 0.15) is 12.8 Å². The van der Waals surface area contributed by atoms with Crippen molar-refractivity contribution in [2.45, 2.75) is 23.8 Å². The van der Waals surface area contributed by atoms with E-state index in [-0.39, 0.29) is 23.3 Å². The van der Waals surface area contributed by atoms with Crippen molar-refractivity contribution in [3.8, 4) is 0 Å². The van der Waals surface area contributed by atoms with Gasteiger partial charge in [-0.15, -0.1) is 12.4 Å². The smallest absolute Gasteiger partial charge is 0.240 e. The number of halogens is 3. The number of nitrogens with one attached hydrogen (secondary N) is 2. The van der Waals surface area contributed by atoms with Crippen molar-refractivity contribution < 1.29 is 8.42 Å². The summed E-state index contributed by atoms with van der Waals surface area (Å²) in [5.41, 5.74) is 0. The Hall–Kier alpha value is 0.150. The van der Waals surface area contributed by atoms with E-state index < -0.39 is 10.0 Å². The minimum atomic E-state index is -3.48. The fraction of sp³-hybridized carbons (Fsp3) is 0.455. The molecule has 0 unspecified atom stereocenters. The maximum absolute atomic E-state index is 12.2. The predicted molar refractivity (Wildman–Crippen MR) is 82.6 cm³/mol. The van der Waals surface area contributed by atoms with Gasteiger partial charge >= 0.3 is 0 Å². The summed E-state index contributed by atoms with van der Waals surface area (Å²) in [6.07, 6.45) is 1.62. The van der Waals surface area contributed by atoms with Crippen LogP contribution >= 0.6 is 39.9 Å². The van der Waals surface area contributed by atoms with E-state index >= 15 is 0 Å². The van der Waals surface area contributed by atoms with Crippen LogP contribution in [0.4, 0.5) is 0 Å². The Morgan fingerprint density at radius 3 is 2.53 bits per heavy atom. The first kappa shape index (κ1) is 17.2. The molecule has 0 saturated carbocycles. The monoisotopic (exact) mass is 388 g/mol. The number of benzene rings is 1. The molecule has 1 aromatic rings. The van der Waals surface area contributed by atoms with E-state index in [0.29, 0.717) is 9.50 Å². The van der Waals surface area contributed by atoms with Gasteiger partial charge in [0.2, 0.25) is 10.0 Å². The molecule has 2 rings (SSSR count). The second kappa shape index (κ2) is 7.24. The molecule has 1 fully saturated rings. The van der Waals surface area contributed by atoms with Crippen LogP contribution in [0.2, 0.25) is 5.02 Å². The predicted octanol–water partition coefficient (Wildman–Crippen LogP) is 2.55. The van der Waals surface area contributed by atoms with Crippen molar-refractivity contribution in [3.05, 3.63) is 27.7 Å². The Balaban J connectivity index is 0.00000180. The molecule has 1 saturated heterocycles. The van der Waals surface area contributed by atoms with Crippen molar-refractivity contribution >= 4 is 50.0 Å². The molecular weight excluding hydrogens is 375 g/mol. The fourth-order valence-corrected chi connectivity index (χ4v) is 3.69. The molecule has 0 radical (unpaired) electrons. The van der Waals surface area contributed by atoms with Gasteiger partial charge in [0.05, 0.1) is 9.92 Å². The van der Waals surface area contributed by atoms with Gasteiger partial charge in [0, 0.05) is 10.5 Å². The summed E-state index contributed by atoms with van der Waals surface area (Å²) >= 11 is 9.15. The number of rotatable bonds is 3. The van der Waals surface area contributed by atoms with Gasteiger partial charge in [0.15, 0.2) is 0 Å². The summed E-state index contributed by atoms with van der Waals surface area (Å²) in [6, 6.07) is 4.63. The molecule has 0 atom stereocenters. The maximum atomic E-state index is 12.2. The first-order valence-electron chi connectivity index (χ1n) is 5.67. The highest BCUT2D eigenvalue weighted by Gasteiger charge is 2.22. The molecule has 1 aliphatic rings. The highest BCUT2D eigenvalue weighted by molar-refractivity contribution is 9.10. The zero-order chi connectivity index (χ0) is 13.2. The molecule has 1 heterocycles. The summed E-state index contributed by atoms with van der Waals surface area (Å²) in [5.74, 6) is 0. The van der Waals surface area contributed by atoms with E-state index in [1.165, 1.54) is 6.07 Å². The van der Waals surface area contributed by atoms with Gasteiger partial charge in [-0.3, -0.25) is 0 Å². The minimum Gasteiger partial charge on any atom is -0.317 e. The maximum Gasteiger partial charge on any atom is 0.240 e. The molecule has 0 aliphatic carbocycles. The van der Waals surface area contributed by atoms with E-state index in [1.807, 2.05) is 0 Å². The summed E-state index contributed by atoms with van der Waals surface area (Å²) in [7, 11) is -3.48. The summed E-state index contributed by atoms with van der Waals surface area (Å²) < 4.78 is 27.7. The SMILES string of the molecule is Cl.O=S(=O)(NC1CCNCC1)c1ccc(Br)c(Cl)c1. The summed E-state index contributed by atoms with van der Waals surface area (Å²) in [5, 5.41) is 3.59. The van der Waals surface area contributed by atoms with Gasteiger partial charge in [-0.25, -0.2) is 13.1 Å². The highest BCUT2D eigenvalue weighted by atomic mass is 79.9. The van der Waals surface area contributed by atoms with Crippen LogP contribution in [-0.4, -0.2) is 27.5 Å². The van der Waals surface area contributed by atoms with Crippen molar-refractivity contribution in [2.24, 2.45) is 0 Å². The molecule has 0 spiro atoms. The molecule has 0 aromatic heterocycles. The van der Waals surface area contributed by atoms with Crippen LogP contribution in [0.15, 0.2) is 27.6 Å². The lowest BCUT2D eigenvalue weighted by Crippen LogP contribution is -2.42. The number of hydrogen-bond donors (Lipinski definition) is 2. The molecule has 1 aliphatic heterocycles. The number of sulfonamides is 1. The van der Waals surface area contributed by atoms with Crippen LogP contribution in [-0.2, 0) is 10.0 Å². The lowest BCUT2D eigenvalue weighted by atomic mass is 10.1. The van der Waals surface area contributed by atoms with Crippen LogP contribution < -0.4 is 10.0 Å². The standard InChI is InChI=1S/C11H14BrClN2O2S.ClH/c12-10-2-1-9(7-11(10)13)18(16,17)15-8-3-5-14-6-4-8;/h1-2,7-8,14-15H,3-6H2;1H. The van der Waals surface area contributed by atoms with E-state index in [0.717, 1.165) is 25.9 Å². The normalized spacial score (nSPS) is 16.9. The molecule has 19 heavy (non-hydrogen) atoms. The highest BCUT2D eigenvalue weighted by Crippen LogP contribution is 2.25. The Labute approximate surface area is 132 Å². The van der Waals surface area contributed by atoms with E-state index in [2.05, 4.69) is 26.0 Å². The lowest BCUT2D eigenvalue weighted by molar-refractivity contribution is 0.427. The quantitative estimate of drug-likeness (QED) is 0.835. The third-order valence-corrected chi connectivity index (χ3v) is 5.61. The van der Waals surface area contributed by atoms with Crippen LogP contribution in [0.25, 0.3) is 0 Å². The molecule has 8 heteroatoms. The van der Waals surface area contributed by atoms with Gasteiger partial charge in [-0.1, -0.05) is 11.6 Å². The molecule has 2 N–H and O–H groups in total. The van der Waals surface area contributed by atoms with Crippen LogP contribution in [0, 0.1) is 0 Å². The van der Waals surface area contributed by atoms with Gasteiger partial charge in [0.25, 0.3) is 0 Å². The zero-order valence-corrected chi connectivity index (χ0v) is 14.0. The number of hydrogen-bond acceptors (Lipinski definition) is 3. The number of piperidine rings is 1. The molecule has 0 amide bonds. The molecule has 1 aromatic carbocycles. The fourth-order valence-electron chi connectivity index (χ4n) is 1.87. The van der Waals surface area contributed by atoms with Crippen molar-refractivity contribution in [1.29, 1.82) is 0 Å². The van der Waals surface area contributed by atoms with Crippen LogP contribution in [0.5, 0.6) is 0 Å². The minimum absolute atomic E-state index is 0. The Bertz CT molecular complexity index is 533. The third-order valence-electron chi connectivity index (χ3n) is 2.86. The van der Waals surface area contributed by atoms with Gasteiger partial charge in [-0.05, 0) is 60.1 Å². The van der Waals surface area contributed by atoms with Crippen molar-refractivity contribution in [3.63, 3.8) is 0 Å². The molecular formula is C11H15BrCl2N2O2S. The van der Waals surface area contributed by atoms with Crippen LogP contribution in [0.3, 0.4) is 0 Å². The van der Waals surface area contributed by atoms with Gasteiger partial charge in [-0.2, -0.15) is 0 Å². The zero-order valence-electron chi connectivity index (χ0n) is 10.0. The summed E-state index contributed by atoms with van der Waals surface area (Å²) in [6.45, 7) is 1.68. The molecule has 4 nitrogen and oxygen atoms in total. The lowest BCUT2D eigenvalue weighted by Gasteiger charge is -2.23.